The molecule has 4 aliphatic carbocycles. The second kappa shape index (κ2) is 3.94. The number of carbonyl (C=O) groups is 1. The van der Waals surface area contributed by atoms with Gasteiger partial charge in [-0.15, -0.1) is 0 Å². The van der Waals surface area contributed by atoms with E-state index in [1.54, 1.807) is 0 Å². The minimum absolute atomic E-state index is 0.0851. The van der Waals surface area contributed by atoms with Gasteiger partial charge >= 0.3 is 0 Å². The molecule has 0 aliphatic heterocycles. The Morgan fingerprint density at radius 3 is 2.06 bits per heavy atom. The van der Waals surface area contributed by atoms with Crippen LogP contribution in [-0.2, 0) is 0 Å². The van der Waals surface area contributed by atoms with Crippen LogP contribution in [0.5, 0.6) is 0 Å². The van der Waals surface area contributed by atoms with Crippen LogP contribution in [0.25, 0.3) is 0 Å². The van der Waals surface area contributed by atoms with Crippen LogP contribution in [0.1, 0.15) is 43.8 Å². The Bertz CT molecular complexity index is 479. The Hall–Kier alpha value is -1.11. The molecule has 0 aromatic heterocycles. The average Bonchev–Trinajstić information content (AvgIpc) is 2.44. The third-order valence-corrected chi connectivity index (χ3v) is 5.32. The summed E-state index contributed by atoms with van der Waals surface area (Å²) in [6, 6.07) is 9.51. The molecule has 1 aromatic rings. The normalized spacial score (nSPS) is 45.9. The van der Waals surface area contributed by atoms with Crippen molar-refractivity contribution in [1.82, 2.24) is 0 Å². The molecule has 0 amide bonds. The summed E-state index contributed by atoms with van der Waals surface area (Å²) in [5.74, 6) is 1.51. The summed E-state index contributed by atoms with van der Waals surface area (Å²) < 4.78 is 8.94. The molecule has 1 heteroatoms. The van der Waals surface area contributed by atoms with Crippen molar-refractivity contribution in [3.63, 3.8) is 0 Å². The van der Waals surface area contributed by atoms with Crippen LogP contribution in [0.4, 0.5) is 0 Å². The maximum Gasteiger partial charge on any atom is 0.166 e. The molecule has 1 nitrogen and oxygen atoms in total. The van der Waals surface area contributed by atoms with E-state index in [4.69, 9.17) is 1.37 Å². The van der Waals surface area contributed by atoms with Crippen LogP contribution in [0.15, 0.2) is 30.3 Å². The van der Waals surface area contributed by atoms with Crippen LogP contribution < -0.4 is 0 Å². The van der Waals surface area contributed by atoms with Gasteiger partial charge in [-0.1, -0.05) is 30.3 Å². The molecule has 1 aromatic carbocycles. The fourth-order valence-electron chi connectivity index (χ4n) is 4.82. The van der Waals surface area contributed by atoms with Crippen LogP contribution in [0.2, 0.25) is 0 Å². The van der Waals surface area contributed by atoms with E-state index in [2.05, 4.69) is 0 Å². The second-order valence-corrected chi connectivity index (χ2v) is 6.45. The van der Waals surface area contributed by atoms with Gasteiger partial charge in [-0.3, -0.25) is 4.79 Å². The zero-order chi connectivity index (χ0) is 13.0. The first kappa shape index (κ1) is 9.77. The third-order valence-electron chi connectivity index (χ3n) is 5.32. The highest BCUT2D eigenvalue weighted by Gasteiger charge is 2.50. The standard InChI is InChI=1S/C17H20O/c18-17(13-4-2-1-3-5-13)16-14-7-11-6-12(9-14)10-15(16)8-11/h1-5,11-12,14-16H,6-10H2/i16D. The lowest BCUT2D eigenvalue weighted by molar-refractivity contribution is -0.0251. The van der Waals surface area contributed by atoms with E-state index in [1.807, 2.05) is 30.3 Å². The van der Waals surface area contributed by atoms with Crippen LogP contribution in [0, 0.1) is 29.6 Å². The lowest BCUT2D eigenvalue weighted by Crippen LogP contribution is -2.48. The van der Waals surface area contributed by atoms with Gasteiger partial charge < -0.3 is 0 Å². The topological polar surface area (TPSA) is 17.1 Å². The summed E-state index contributed by atoms with van der Waals surface area (Å²) >= 11 is 0. The molecule has 0 heterocycles. The first-order valence-electron chi connectivity index (χ1n) is 7.77. The Morgan fingerprint density at radius 1 is 0.944 bits per heavy atom. The lowest BCUT2D eigenvalue weighted by atomic mass is 9.51. The molecular formula is C17H20O. The van der Waals surface area contributed by atoms with Gasteiger partial charge in [-0.25, -0.2) is 0 Å². The molecule has 18 heavy (non-hydrogen) atoms. The van der Waals surface area contributed by atoms with Crippen molar-refractivity contribution in [2.24, 2.45) is 29.6 Å². The zero-order valence-electron chi connectivity index (χ0n) is 11.6. The Labute approximate surface area is 110 Å². The van der Waals surface area contributed by atoms with E-state index < -0.39 is 5.89 Å². The summed E-state index contributed by atoms with van der Waals surface area (Å²) in [6.07, 6.45) is 5.84. The smallest absolute Gasteiger partial charge is 0.166 e. The van der Waals surface area contributed by atoms with Crippen molar-refractivity contribution in [2.45, 2.75) is 32.1 Å². The monoisotopic (exact) mass is 241 g/mol. The quantitative estimate of drug-likeness (QED) is 0.717. The summed E-state index contributed by atoms with van der Waals surface area (Å²) in [4.78, 5) is 12.9. The predicted molar refractivity (Wildman–Crippen MR) is 71.3 cm³/mol. The summed E-state index contributed by atoms with van der Waals surface area (Å²) in [6.45, 7) is 0. The SMILES string of the molecule is [2H]C1(C(=O)c2ccccc2)C2CC3CC(C2)CC1C3. The fourth-order valence-corrected chi connectivity index (χ4v) is 4.82. The summed E-state index contributed by atoms with van der Waals surface area (Å²) in [5, 5.41) is 0. The number of benzene rings is 1. The molecule has 0 radical (unpaired) electrons. The van der Waals surface area contributed by atoms with E-state index in [0.717, 1.165) is 43.1 Å². The molecule has 94 valence electrons. The summed E-state index contributed by atoms with van der Waals surface area (Å²) in [7, 11) is 0. The van der Waals surface area contributed by atoms with Crippen LogP contribution in [0.3, 0.4) is 0 Å². The van der Waals surface area contributed by atoms with Gasteiger partial charge in [0.2, 0.25) is 0 Å². The third kappa shape index (κ3) is 1.56. The summed E-state index contributed by atoms with van der Waals surface area (Å²) in [5.41, 5.74) is 0.741. The van der Waals surface area contributed by atoms with Gasteiger partial charge in [0.05, 0.1) is 0 Å². The van der Waals surface area contributed by atoms with Crippen molar-refractivity contribution in [3.8, 4) is 0 Å². The van der Waals surface area contributed by atoms with E-state index in [1.165, 1.54) is 6.42 Å². The largest absolute Gasteiger partial charge is 0.294 e. The number of hydrogen-bond acceptors (Lipinski definition) is 1. The minimum Gasteiger partial charge on any atom is -0.294 e. The Kier molecular flexibility index (Phi) is 2.14. The molecule has 0 N–H and O–H groups in total. The molecule has 4 bridgehead atoms. The van der Waals surface area contributed by atoms with Crippen molar-refractivity contribution >= 4 is 5.78 Å². The first-order chi connectivity index (χ1) is 9.18. The Morgan fingerprint density at radius 2 is 1.50 bits per heavy atom. The van der Waals surface area contributed by atoms with Crippen molar-refractivity contribution < 1.29 is 6.17 Å². The number of carbonyl (C=O) groups excluding carboxylic acids is 1. The van der Waals surface area contributed by atoms with Crippen molar-refractivity contribution in [1.29, 1.82) is 0 Å². The molecule has 0 spiro atoms. The van der Waals surface area contributed by atoms with E-state index in [0.29, 0.717) is 11.8 Å². The van der Waals surface area contributed by atoms with Gasteiger partial charge in [0, 0.05) is 12.8 Å². The van der Waals surface area contributed by atoms with Crippen LogP contribution >= 0.6 is 0 Å². The van der Waals surface area contributed by atoms with Crippen molar-refractivity contribution in [2.75, 3.05) is 0 Å². The minimum atomic E-state index is -0.825. The van der Waals surface area contributed by atoms with Gasteiger partial charge in [-0.05, 0) is 55.8 Å². The molecule has 0 saturated heterocycles. The molecular weight excluding hydrogens is 220 g/mol. The Balaban J connectivity index is 1.72. The molecule has 4 saturated carbocycles. The lowest BCUT2D eigenvalue weighted by Gasteiger charge is -2.53. The molecule has 0 atom stereocenters. The molecule has 4 aliphatic rings. The van der Waals surface area contributed by atoms with E-state index in [9.17, 15) is 4.79 Å². The highest BCUT2D eigenvalue weighted by Crippen LogP contribution is 2.57. The number of rotatable bonds is 2. The molecule has 0 unspecified atom stereocenters. The second-order valence-electron chi connectivity index (χ2n) is 6.45. The average molecular weight is 241 g/mol. The highest BCUT2D eigenvalue weighted by atomic mass is 16.1. The van der Waals surface area contributed by atoms with E-state index in [-0.39, 0.29) is 5.78 Å². The highest BCUT2D eigenvalue weighted by molar-refractivity contribution is 5.98. The number of Topliss-reactive ketones (excluding diaryl/α,β-unsaturated/α-hetero) is 1. The molecule has 4 fully saturated rings. The first-order valence-corrected chi connectivity index (χ1v) is 7.27. The number of hydrogen-bond donors (Lipinski definition) is 0. The molecule has 5 rings (SSSR count). The van der Waals surface area contributed by atoms with E-state index >= 15 is 0 Å². The fraction of sp³-hybridized carbons (Fsp3) is 0.588. The van der Waals surface area contributed by atoms with Gasteiger partial charge in [0.15, 0.2) is 5.78 Å². The zero-order valence-corrected chi connectivity index (χ0v) is 10.6. The van der Waals surface area contributed by atoms with Gasteiger partial charge in [-0.2, -0.15) is 0 Å². The van der Waals surface area contributed by atoms with Gasteiger partial charge in [0.1, 0.15) is 0 Å². The van der Waals surface area contributed by atoms with Crippen molar-refractivity contribution in [3.05, 3.63) is 35.9 Å². The number of ketones is 1. The van der Waals surface area contributed by atoms with Crippen LogP contribution in [-0.4, -0.2) is 5.78 Å². The maximum absolute atomic E-state index is 12.9. The maximum atomic E-state index is 12.9. The van der Waals surface area contributed by atoms with Gasteiger partial charge in [0.25, 0.3) is 0 Å². The predicted octanol–water partition coefficient (Wildman–Crippen LogP) is 3.94.